The Bertz CT molecular complexity index is 1060. The van der Waals surface area contributed by atoms with Gasteiger partial charge < -0.3 is 16.0 Å². The van der Waals surface area contributed by atoms with Gasteiger partial charge in [0.2, 0.25) is 0 Å². The van der Waals surface area contributed by atoms with Crippen LogP contribution in [0.5, 0.6) is 0 Å². The second-order valence-electron chi connectivity index (χ2n) is 6.92. The Kier molecular flexibility index (Phi) is 7.40. The summed E-state index contributed by atoms with van der Waals surface area (Å²) in [6.07, 6.45) is 0. The predicted molar refractivity (Wildman–Crippen MR) is 122 cm³/mol. The second kappa shape index (κ2) is 10.4. The molecule has 0 bridgehead atoms. The molecule has 0 aromatic heterocycles. The second-order valence-corrected chi connectivity index (χ2v) is 7.35. The molecule has 158 valence electrons. The highest BCUT2D eigenvalue weighted by molar-refractivity contribution is 6.30. The van der Waals surface area contributed by atoms with Gasteiger partial charge in [-0.1, -0.05) is 29.3 Å². The molecule has 0 unspecified atom stereocenters. The number of aryl methyl sites for hydroxylation is 1. The molecule has 0 aliphatic heterocycles. The number of hydrogen-bond acceptors (Lipinski definition) is 3. The van der Waals surface area contributed by atoms with E-state index in [1.54, 1.807) is 60.7 Å². The summed E-state index contributed by atoms with van der Waals surface area (Å²) in [5.74, 6) is -0.717. The van der Waals surface area contributed by atoms with Gasteiger partial charge in [0, 0.05) is 40.5 Å². The number of benzene rings is 3. The summed E-state index contributed by atoms with van der Waals surface area (Å²) in [5, 5.41) is 8.84. The lowest BCUT2D eigenvalue weighted by molar-refractivity contribution is 0.0927. The van der Waals surface area contributed by atoms with Crippen molar-refractivity contribution >= 4 is 35.0 Å². The maximum atomic E-state index is 12.3. The maximum absolute atomic E-state index is 12.3. The van der Waals surface area contributed by atoms with Gasteiger partial charge in [-0.2, -0.15) is 0 Å². The molecule has 6 nitrogen and oxygen atoms in total. The largest absolute Gasteiger partial charge is 0.350 e. The minimum Gasteiger partial charge on any atom is -0.350 e. The van der Waals surface area contributed by atoms with E-state index < -0.39 is 0 Å². The van der Waals surface area contributed by atoms with Gasteiger partial charge in [-0.25, -0.2) is 0 Å². The van der Waals surface area contributed by atoms with E-state index in [1.165, 1.54) is 0 Å². The van der Waals surface area contributed by atoms with Crippen LogP contribution in [-0.4, -0.2) is 30.8 Å². The Morgan fingerprint density at radius 1 is 0.645 bits per heavy atom. The molecule has 0 saturated heterocycles. The van der Waals surface area contributed by atoms with Crippen LogP contribution in [0, 0.1) is 6.92 Å². The average Bonchev–Trinajstić information content (AvgIpc) is 2.78. The molecule has 31 heavy (non-hydrogen) atoms. The Balaban J connectivity index is 1.44. The minimum atomic E-state index is -0.267. The van der Waals surface area contributed by atoms with E-state index >= 15 is 0 Å². The third kappa shape index (κ3) is 6.42. The molecule has 3 aromatic rings. The molecule has 0 aliphatic carbocycles. The fourth-order valence-electron chi connectivity index (χ4n) is 2.77. The lowest BCUT2D eigenvalue weighted by Gasteiger charge is -2.09. The van der Waals surface area contributed by atoms with Crippen LogP contribution in [0.25, 0.3) is 0 Å². The zero-order chi connectivity index (χ0) is 22.2. The summed E-state index contributed by atoms with van der Waals surface area (Å²) in [6, 6.07) is 20.4. The number of rotatable bonds is 7. The van der Waals surface area contributed by atoms with Gasteiger partial charge in [-0.15, -0.1) is 0 Å². The van der Waals surface area contributed by atoms with E-state index in [9.17, 15) is 14.4 Å². The fourth-order valence-corrected chi connectivity index (χ4v) is 2.90. The van der Waals surface area contributed by atoms with Gasteiger partial charge in [0.15, 0.2) is 0 Å². The van der Waals surface area contributed by atoms with Crippen molar-refractivity contribution < 1.29 is 14.4 Å². The van der Waals surface area contributed by atoms with Crippen LogP contribution in [0.4, 0.5) is 5.69 Å². The smallest absolute Gasteiger partial charge is 0.255 e. The first-order valence-electron chi connectivity index (χ1n) is 9.72. The van der Waals surface area contributed by atoms with Gasteiger partial charge in [0.1, 0.15) is 0 Å². The highest BCUT2D eigenvalue weighted by atomic mass is 35.5. The molecule has 0 heterocycles. The van der Waals surface area contributed by atoms with Gasteiger partial charge in [0.05, 0.1) is 0 Å². The summed E-state index contributed by atoms with van der Waals surface area (Å²) < 4.78 is 0. The first-order valence-corrected chi connectivity index (χ1v) is 10.1. The normalized spacial score (nSPS) is 10.3. The quantitative estimate of drug-likeness (QED) is 0.489. The summed E-state index contributed by atoms with van der Waals surface area (Å²) in [5.41, 5.74) is 3.19. The fraction of sp³-hybridized carbons (Fsp3) is 0.125. The molecule has 0 fully saturated rings. The summed E-state index contributed by atoms with van der Waals surface area (Å²) in [6.45, 7) is 2.53. The predicted octanol–water partition coefficient (Wildman–Crippen LogP) is 4.06. The molecule has 0 atom stereocenters. The van der Waals surface area contributed by atoms with Crippen molar-refractivity contribution in [1.29, 1.82) is 0 Å². The first kappa shape index (κ1) is 22.1. The van der Waals surface area contributed by atoms with E-state index in [-0.39, 0.29) is 30.8 Å². The van der Waals surface area contributed by atoms with E-state index in [2.05, 4.69) is 16.0 Å². The Morgan fingerprint density at radius 2 is 1.06 bits per heavy atom. The maximum Gasteiger partial charge on any atom is 0.255 e. The number of hydrogen-bond donors (Lipinski definition) is 3. The third-order valence-electron chi connectivity index (χ3n) is 4.52. The average molecular weight is 436 g/mol. The number of halogens is 1. The topological polar surface area (TPSA) is 87.3 Å². The van der Waals surface area contributed by atoms with Crippen molar-refractivity contribution in [2.24, 2.45) is 0 Å². The van der Waals surface area contributed by atoms with Gasteiger partial charge in [-0.3, -0.25) is 14.4 Å². The molecule has 0 spiro atoms. The molecule has 0 aliphatic rings. The minimum absolute atomic E-state index is 0.214. The molecular weight excluding hydrogens is 414 g/mol. The number of carbonyl (C=O) groups excluding carboxylic acids is 3. The first-order chi connectivity index (χ1) is 14.9. The SMILES string of the molecule is Cc1ccc(C(=O)Nc2ccc(C(=O)NCCNC(=O)c3ccc(Cl)cc3)cc2)cc1. The number of anilines is 1. The van der Waals surface area contributed by atoms with Gasteiger partial charge >= 0.3 is 0 Å². The highest BCUT2D eigenvalue weighted by Crippen LogP contribution is 2.12. The van der Waals surface area contributed by atoms with E-state index in [0.29, 0.717) is 27.4 Å². The molecule has 3 N–H and O–H groups in total. The van der Waals surface area contributed by atoms with E-state index in [0.717, 1.165) is 5.56 Å². The number of nitrogens with one attached hydrogen (secondary N) is 3. The highest BCUT2D eigenvalue weighted by Gasteiger charge is 2.09. The van der Waals surface area contributed by atoms with Crippen molar-refractivity contribution in [2.45, 2.75) is 6.92 Å². The summed E-state index contributed by atoms with van der Waals surface area (Å²) in [7, 11) is 0. The Labute approximate surface area is 185 Å². The Hall–Kier alpha value is -3.64. The summed E-state index contributed by atoms with van der Waals surface area (Å²) in [4.78, 5) is 36.5. The van der Waals surface area contributed by atoms with Crippen LogP contribution in [0.2, 0.25) is 5.02 Å². The number of carbonyl (C=O) groups is 3. The molecule has 0 saturated carbocycles. The molecule has 7 heteroatoms. The Morgan fingerprint density at radius 3 is 1.58 bits per heavy atom. The van der Waals surface area contributed by atoms with Crippen LogP contribution in [-0.2, 0) is 0 Å². The standard InChI is InChI=1S/C24H22ClN3O3/c1-16-2-4-19(5-3-16)24(31)28-21-12-8-18(9-13-21)23(30)27-15-14-26-22(29)17-6-10-20(25)11-7-17/h2-13H,14-15H2,1H3,(H,26,29)(H,27,30)(H,28,31). The molecule has 3 rings (SSSR count). The number of amides is 3. The molecular formula is C24H22ClN3O3. The van der Waals surface area contributed by atoms with Crippen molar-refractivity contribution in [2.75, 3.05) is 18.4 Å². The van der Waals surface area contributed by atoms with Crippen LogP contribution in [0.3, 0.4) is 0 Å². The van der Waals surface area contributed by atoms with E-state index in [4.69, 9.17) is 11.6 Å². The lowest BCUT2D eigenvalue weighted by Crippen LogP contribution is -2.34. The van der Waals surface area contributed by atoms with Crippen molar-refractivity contribution in [1.82, 2.24) is 10.6 Å². The molecule has 3 amide bonds. The molecule has 3 aromatic carbocycles. The van der Waals surface area contributed by atoms with Gasteiger partial charge in [0.25, 0.3) is 17.7 Å². The lowest BCUT2D eigenvalue weighted by atomic mass is 10.1. The van der Waals surface area contributed by atoms with Crippen molar-refractivity contribution in [3.05, 3.63) is 100 Å². The van der Waals surface area contributed by atoms with Crippen molar-refractivity contribution in [3.8, 4) is 0 Å². The van der Waals surface area contributed by atoms with Crippen LogP contribution >= 0.6 is 11.6 Å². The van der Waals surface area contributed by atoms with Crippen molar-refractivity contribution in [3.63, 3.8) is 0 Å². The molecule has 0 radical (unpaired) electrons. The zero-order valence-corrected chi connectivity index (χ0v) is 17.7. The third-order valence-corrected chi connectivity index (χ3v) is 4.77. The summed E-state index contributed by atoms with van der Waals surface area (Å²) >= 11 is 5.80. The van der Waals surface area contributed by atoms with Crippen LogP contribution in [0.1, 0.15) is 36.6 Å². The monoisotopic (exact) mass is 435 g/mol. The zero-order valence-electron chi connectivity index (χ0n) is 16.9. The van der Waals surface area contributed by atoms with E-state index in [1.807, 2.05) is 19.1 Å². The van der Waals surface area contributed by atoms with Crippen LogP contribution in [0.15, 0.2) is 72.8 Å². The van der Waals surface area contributed by atoms with Crippen LogP contribution < -0.4 is 16.0 Å². The van der Waals surface area contributed by atoms with Gasteiger partial charge in [-0.05, 0) is 67.6 Å².